The van der Waals surface area contributed by atoms with Crippen molar-refractivity contribution in [3.05, 3.63) is 0 Å². The molecular formula is C15H28N2O2. The Balaban J connectivity index is 1.73. The Hall–Kier alpha value is -0.610. The van der Waals surface area contributed by atoms with Gasteiger partial charge in [0, 0.05) is 6.54 Å². The van der Waals surface area contributed by atoms with Crippen molar-refractivity contribution in [2.75, 3.05) is 19.7 Å². The number of hydrogen-bond donors (Lipinski definition) is 1. The minimum atomic E-state index is -0.175. The molecule has 0 aromatic rings. The van der Waals surface area contributed by atoms with Gasteiger partial charge in [-0.2, -0.15) is 0 Å². The zero-order valence-corrected chi connectivity index (χ0v) is 12.1. The van der Waals surface area contributed by atoms with Crippen molar-refractivity contribution in [2.24, 2.45) is 11.7 Å². The van der Waals surface area contributed by atoms with Gasteiger partial charge < -0.3 is 10.5 Å². The van der Waals surface area contributed by atoms with Crippen LogP contribution >= 0.6 is 0 Å². The average molecular weight is 268 g/mol. The number of nitrogens with zero attached hydrogens (tertiary/aromatic N) is 1. The Morgan fingerprint density at radius 2 is 1.95 bits per heavy atom. The first-order valence-electron chi connectivity index (χ1n) is 7.83. The fraction of sp³-hybridized carbons (Fsp3) is 0.933. The lowest BCUT2D eigenvalue weighted by Gasteiger charge is -2.34. The Bertz CT molecular complexity index is 296. The SMILES string of the molecule is C[C@@H]1CCCC[C@H]1OCCN1CCCC[C@@H]1C(N)=O. The van der Waals surface area contributed by atoms with Gasteiger partial charge >= 0.3 is 0 Å². The van der Waals surface area contributed by atoms with Crippen molar-refractivity contribution in [1.29, 1.82) is 0 Å². The summed E-state index contributed by atoms with van der Waals surface area (Å²) >= 11 is 0. The van der Waals surface area contributed by atoms with Gasteiger partial charge in [0.15, 0.2) is 0 Å². The third-order valence-electron chi connectivity index (χ3n) is 4.69. The van der Waals surface area contributed by atoms with Crippen LogP contribution in [0.1, 0.15) is 51.9 Å². The molecule has 2 aliphatic rings. The molecule has 0 bridgehead atoms. The molecule has 4 nitrogen and oxygen atoms in total. The zero-order valence-electron chi connectivity index (χ0n) is 12.1. The standard InChI is InChI=1S/C15H28N2O2/c1-12-6-2-3-8-14(12)19-11-10-17-9-5-4-7-13(17)15(16)18/h12-14H,2-11H2,1H3,(H2,16,18)/t12-,13-,14-/m1/s1. The van der Waals surface area contributed by atoms with Crippen LogP contribution in [-0.2, 0) is 9.53 Å². The first-order valence-corrected chi connectivity index (χ1v) is 7.83. The van der Waals surface area contributed by atoms with Crippen LogP contribution in [0.25, 0.3) is 0 Å². The second-order valence-corrected chi connectivity index (χ2v) is 6.12. The van der Waals surface area contributed by atoms with Crippen molar-refractivity contribution >= 4 is 5.91 Å². The van der Waals surface area contributed by atoms with Crippen molar-refractivity contribution in [3.8, 4) is 0 Å². The van der Waals surface area contributed by atoms with Crippen molar-refractivity contribution < 1.29 is 9.53 Å². The number of piperidine rings is 1. The molecule has 1 saturated carbocycles. The molecule has 1 aliphatic heterocycles. The summed E-state index contributed by atoms with van der Waals surface area (Å²) in [6, 6.07) is -0.0684. The van der Waals surface area contributed by atoms with Gasteiger partial charge in [-0.3, -0.25) is 9.69 Å². The first kappa shape index (κ1) is 14.8. The number of ether oxygens (including phenoxy) is 1. The highest BCUT2D eigenvalue weighted by molar-refractivity contribution is 5.79. The topological polar surface area (TPSA) is 55.6 Å². The zero-order chi connectivity index (χ0) is 13.7. The predicted octanol–water partition coefficient (Wildman–Crippen LogP) is 1.92. The van der Waals surface area contributed by atoms with E-state index < -0.39 is 0 Å². The van der Waals surface area contributed by atoms with E-state index in [0.29, 0.717) is 12.0 Å². The number of likely N-dealkylation sites (tertiary alicyclic amines) is 1. The Morgan fingerprint density at radius 1 is 1.21 bits per heavy atom. The Morgan fingerprint density at radius 3 is 2.68 bits per heavy atom. The minimum Gasteiger partial charge on any atom is -0.377 e. The van der Waals surface area contributed by atoms with Crippen LogP contribution in [0, 0.1) is 5.92 Å². The Labute approximate surface area is 116 Å². The molecule has 2 rings (SSSR count). The molecule has 0 spiro atoms. The summed E-state index contributed by atoms with van der Waals surface area (Å²) in [5, 5.41) is 0. The van der Waals surface area contributed by atoms with E-state index in [4.69, 9.17) is 10.5 Å². The van der Waals surface area contributed by atoms with Crippen LogP contribution in [0.4, 0.5) is 0 Å². The number of rotatable bonds is 5. The van der Waals surface area contributed by atoms with Crippen LogP contribution in [0.15, 0.2) is 0 Å². The number of nitrogens with two attached hydrogens (primary N) is 1. The van der Waals surface area contributed by atoms with E-state index >= 15 is 0 Å². The molecule has 0 unspecified atom stereocenters. The maximum Gasteiger partial charge on any atom is 0.234 e. The lowest BCUT2D eigenvalue weighted by molar-refractivity contribution is -0.125. The fourth-order valence-corrected chi connectivity index (χ4v) is 3.43. The smallest absolute Gasteiger partial charge is 0.234 e. The van der Waals surface area contributed by atoms with E-state index in [2.05, 4.69) is 11.8 Å². The third kappa shape index (κ3) is 4.18. The fourth-order valence-electron chi connectivity index (χ4n) is 3.43. The molecule has 3 atom stereocenters. The van der Waals surface area contributed by atoms with E-state index in [-0.39, 0.29) is 11.9 Å². The van der Waals surface area contributed by atoms with Crippen molar-refractivity contribution in [1.82, 2.24) is 4.90 Å². The summed E-state index contributed by atoms with van der Waals surface area (Å²) in [4.78, 5) is 13.6. The predicted molar refractivity (Wildman–Crippen MR) is 75.8 cm³/mol. The molecular weight excluding hydrogens is 240 g/mol. The molecule has 2 N–H and O–H groups in total. The number of carbonyl (C=O) groups is 1. The molecule has 1 aliphatic carbocycles. The van der Waals surface area contributed by atoms with E-state index in [1.165, 1.54) is 32.1 Å². The summed E-state index contributed by atoms with van der Waals surface area (Å²) in [5.74, 6) is 0.507. The van der Waals surface area contributed by atoms with Gasteiger partial charge in [0.25, 0.3) is 0 Å². The van der Waals surface area contributed by atoms with Gasteiger partial charge in [-0.15, -0.1) is 0 Å². The van der Waals surface area contributed by atoms with Gasteiger partial charge in [0.1, 0.15) is 0 Å². The molecule has 4 heteroatoms. The molecule has 1 heterocycles. The van der Waals surface area contributed by atoms with Crippen LogP contribution in [0.3, 0.4) is 0 Å². The highest BCUT2D eigenvalue weighted by Crippen LogP contribution is 2.26. The van der Waals surface area contributed by atoms with Crippen molar-refractivity contribution in [2.45, 2.75) is 64.0 Å². The molecule has 19 heavy (non-hydrogen) atoms. The van der Waals surface area contributed by atoms with Crippen LogP contribution in [-0.4, -0.2) is 42.6 Å². The molecule has 0 radical (unpaired) electrons. The Kier molecular flexibility index (Phi) is 5.64. The third-order valence-corrected chi connectivity index (χ3v) is 4.69. The van der Waals surface area contributed by atoms with E-state index in [9.17, 15) is 4.79 Å². The summed E-state index contributed by atoms with van der Waals surface area (Å²) in [6.45, 7) is 4.85. The highest BCUT2D eigenvalue weighted by Gasteiger charge is 2.27. The maximum absolute atomic E-state index is 11.4. The summed E-state index contributed by atoms with van der Waals surface area (Å²) < 4.78 is 6.03. The summed E-state index contributed by atoms with van der Waals surface area (Å²) in [5.41, 5.74) is 5.47. The lowest BCUT2D eigenvalue weighted by atomic mass is 9.88. The molecule has 110 valence electrons. The van der Waals surface area contributed by atoms with Gasteiger partial charge in [0.05, 0.1) is 18.8 Å². The van der Waals surface area contributed by atoms with Crippen LogP contribution in [0.2, 0.25) is 0 Å². The van der Waals surface area contributed by atoms with Crippen molar-refractivity contribution in [3.63, 3.8) is 0 Å². The van der Waals surface area contributed by atoms with Gasteiger partial charge in [-0.25, -0.2) is 0 Å². The molecule has 1 amide bonds. The summed E-state index contributed by atoms with van der Waals surface area (Å²) in [6.07, 6.45) is 8.74. The average Bonchev–Trinajstić information content (AvgIpc) is 2.41. The number of carbonyl (C=O) groups excluding carboxylic acids is 1. The van der Waals surface area contributed by atoms with E-state index in [1.807, 2.05) is 0 Å². The number of primary amides is 1. The highest BCUT2D eigenvalue weighted by atomic mass is 16.5. The second-order valence-electron chi connectivity index (χ2n) is 6.12. The minimum absolute atomic E-state index is 0.0684. The molecule has 0 aromatic heterocycles. The van der Waals surface area contributed by atoms with Gasteiger partial charge in [-0.1, -0.05) is 26.2 Å². The van der Waals surface area contributed by atoms with E-state index in [0.717, 1.165) is 32.5 Å². The van der Waals surface area contributed by atoms with Crippen LogP contribution in [0.5, 0.6) is 0 Å². The number of hydrogen-bond acceptors (Lipinski definition) is 3. The second kappa shape index (κ2) is 7.25. The first-order chi connectivity index (χ1) is 9.18. The quantitative estimate of drug-likeness (QED) is 0.829. The molecule has 0 aromatic carbocycles. The van der Waals surface area contributed by atoms with Crippen LogP contribution < -0.4 is 5.73 Å². The van der Waals surface area contributed by atoms with E-state index in [1.54, 1.807) is 0 Å². The van der Waals surface area contributed by atoms with Gasteiger partial charge in [-0.05, 0) is 38.1 Å². The number of amides is 1. The van der Waals surface area contributed by atoms with Gasteiger partial charge in [0.2, 0.25) is 5.91 Å². The lowest BCUT2D eigenvalue weighted by Crippen LogP contribution is -2.49. The summed E-state index contributed by atoms with van der Waals surface area (Å²) in [7, 11) is 0. The maximum atomic E-state index is 11.4. The normalized spacial score (nSPS) is 33.2. The molecule has 2 fully saturated rings. The monoisotopic (exact) mass is 268 g/mol. The largest absolute Gasteiger partial charge is 0.377 e. The molecule has 1 saturated heterocycles.